The van der Waals surface area contributed by atoms with E-state index < -0.39 is 0 Å². The van der Waals surface area contributed by atoms with Crippen LogP contribution in [0.5, 0.6) is 5.75 Å². The minimum absolute atomic E-state index is 0.0589. The fourth-order valence-corrected chi connectivity index (χ4v) is 4.30. The van der Waals surface area contributed by atoms with Gasteiger partial charge in [-0.15, -0.1) is 0 Å². The summed E-state index contributed by atoms with van der Waals surface area (Å²) in [5.41, 5.74) is 2.12. The number of piperidine rings is 1. The molecular weight excluding hydrogens is 476 g/mol. The fourth-order valence-electron chi connectivity index (χ4n) is 4.18. The van der Waals surface area contributed by atoms with Gasteiger partial charge < -0.3 is 20.3 Å². The second-order valence-electron chi connectivity index (χ2n) is 8.97. The van der Waals surface area contributed by atoms with E-state index in [-0.39, 0.29) is 23.8 Å². The number of rotatable bonds is 10. The Labute approximate surface area is 216 Å². The van der Waals surface area contributed by atoms with Crippen molar-refractivity contribution >= 4 is 29.2 Å². The Morgan fingerprint density at radius 3 is 2.61 bits per heavy atom. The number of hydrogen-bond acceptors (Lipinski definition) is 5. The largest absolute Gasteiger partial charge is 0.487 e. The SMILES string of the molecule is CN1C[C@H](Oc2ccc(NC(=O)C(CNCCc3ccc(Cl)cc3)c3ccccc3)nc2)CCC1=O. The Bertz CT molecular complexity index is 1140. The highest BCUT2D eigenvalue weighted by molar-refractivity contribution is 6.30. The first-order valence-electron chi connectivity index (χ1n) is 12.2. The van der Waals surface area contributed by atoms with E-state index in [1.807, 2.05) is 54.6 Å². The minimum Gasteiger partial charge on any atom is -0.487 e. The lowest BCUT2D eigenvalue weighted by atomic mass is 9.98. The molecule has 1 aromatic heterocycles. The van der Waals surface area contributed by atoms with Crippen LogP contribution in [0.3, 0.4) is 0 Å². The highest BCUT2D eigenvalue weighted by Gasteiger charge is 2.24. The number of nitrogens with one attached hydrogen (secondary N) is 2. The maximum Gasteiger partial charge on any atom is 0.234 e. The number of anilines is 1. The number of aromatic nitrogens is 1. The minimum atomic E-state index is -0.371. The number of likely N-dealkylation sites (N-methyl/N-ethyl adjacent to an activating group) is 1. The Hall–Kier alpha value is -3.42. The standard InChI is InChI=1S/C28H31ClN4O3/c1-33-19-24(12-14-27(33)34)36-23-11-13-26(31-17-23)32-28(35)25(21-5-3-2-4-6-21)18-30-16-15-20-7-9-22(29)10-8-20/h2-11,13,17,24-25,30H,12,14-16,18-19H2,1H3,(H,31,32,35)/t24-,25?/m1/s1. The van der Waals surface area contributed by atoms with Gasteiger partial charge in [0.25, 0.3) is 0 Å². The number of nitrogens with zero attached hydrogens (tertiary/aromatic N) is 2. The van der Waals surface area contributed by atoms with Gasteiger partial charge in [0.1, 0.15) is 17.7 Å². The van der Waals surface area contributed by atoms with Crippen LogP contribution in [0.15, 0.2) is 72.9 Å². The summed E-state index contributed by atoms with van der Waals surface area (Å²) in [6, 6.07) is 21.0. The summed E-state index contributed by atoms with van der Waals surface area (Å²) in [6.07, 6.45) is 3.56. The van der Waals surface area contributed by atoms with Crippen LogP contribution in [0.2, 0.25) is 5.02 Å². The number of ether oxygens (including phenoxy) is 1. The molecule has 1 aliphatic rings. The molecule has 0 bridgehead atoms. The fraction of sp³-hybridized carbons (Fsp3) is 0.321. The molecule has 2 N–H and O–H groups in total. The van der Waals surface area contributed by atoms with Crippen molar-refractivity contribution in [3.05, 3.63) is 89.1 Å². The van der Waals surface area contributed by atoms with E-state index in [0.29, 0.717) is 37.5 Å². The van der Waals surface area contributed by atoms with Gasteiger partial charge in [-0.25, -0.2) is 4.98 Å². The third-order valence-corrected chi connectivity index (χ3v) is 6.50. The smallest absolute Gasteiger partial charge is 0.234 e. The van der Waals surface area contributed by atoms with Crippen molar-refractivity contribution in [2.45, 2.75) is 31.3 Å². The molecule has 188 valence electrons. The molecule has 0 saturated carbocycles. The maximum absolute atomic E-state index is 13.2. The first-order valence-corrected chi connectivity index (χ1v) is 12.5. The van der Waals surface area contributed by atoms with Gasteiger partial charge in [0, 0.05) is 25.0 Å². The van der Waals surface area contributed by atoms with E-state index in [1.54, 1.807) is 30.3 Å². The molecule has 2 atom stereocenters. The van der Waals surface area contributed by atoms with Gasteiger partial charge >= 0.3 is 0 Å². The van der Waals surface area contributed by atoms with Gasteiger partial charge in [0.05, 0.1) is 18.7 Å². The second kappa shape index (κ2) is 12.5. The number of carbonyl (C=O) groups excluding carboxylic acids is 2. The lowest BCUT2D eigenvalue weighted by Crippen LogP contribution is -2.42. The zero-order chi connectivity index (χ0) is 25.3. The van der Waals surface area contributed by atoms with Crippen LogP contribution in [0.1, 0.15) is 29.9 Å². The number of carbonyl (C=O) groups is 2. The number of amides is 2. The molecule has 2 aromatic carbocycles. The molecule has 2 heterocycles. The average molecular weight is 507 g/mol. The summed E-state index contributed by atoms with van der Waals surface area (Å²) in [6.45, 7) is 1.80. The van der Waals surface area contributed by atoms with Crippen LogP contribution in [0, 0.1) is 0 Å². The molecule has 0 radical (unpaired) electrons. The normalized spacial score (nSPS) is 16.4. The molecule has 0 aliphatic carbocycles. The first-order chi connectivity index (χ1) is 17.5. The van der Waals surface area contributed by atoms with Crippen LogP contribution >= 0.6 is 11.6 Å². The first kappa shape index (κ1) is 25.7. The number of hydrogen-bond donors (Lipinski definition) is 2. The zero-order valence-electron chi connectivity index (χ0n) is 20.3. The van der Waals surface area contributed by atoms with Crippen molar-refractivity contribution in [2.75, 3.05) is 32.0 Å². The third-order valence-electron chi connectivity index (χ3n) is 6.24. The Kier molecular flexibility index (Phi) is 8.92. The molecule has 36 heavy (non-hydrogen) atoms. The highest BCUT2D eigenvalue weighted by Crippen LogP contribution is 2.21. The van der Waals surface area contributed by atoms with Gasteiger partial charge in [0.15, 0.2) is 0 Å². The van der Waals surface area contributed by atoms with Crippen LogP contribution in [-0.4, -0.2) is 54.5 Å². The molecular formula is C28H31ClN4O3. The molecule has 1 unspecified atom stereocenters. The van der Waals surface area contributed by atoms with E-state index in [2.05, 4.69) is 15.6 Å². The average Bonchev–Trinajstić information content (AvgIpc) is 2.89. The predicted octanol–water partition coefficient (Wildman–Crippen LogP) is 4.29. The molecule has 1 fully saturated rings. The molecule has 1 aliphatic heterocycles. The van der Waals surface area contributed by atoms with Gasteiger partial charge in [-0.3, -0.25) is 9.59 Å². The Balaban J connectivity index is 1.32. The molecule has 1 saturated heterocycles. The second-order valence-corrected chi connectivity index (χ2v) is 9.40. The van der Waals surface area contributed by atoms with Gasteiger partial charge in [0.2, 0.25) is 11.8 Å². The van der Waals surface area contributed by atoms with Crippen molar-refractivity contribution < 1.29 is 14.3 Å². The molecule has 3 aromatic rings. The Morgan fingerprint density at radius 2 is 1.92 bits per heavy atom. The van der Waals surface area contributed by atoms with Crippen molar-refractivity contribution in [1.82, 2.24) is 15.2 Å². The molecule has 2 amide bonds. The van der Waals surface area contributed by atoms with Crippen LogP contribution < -0.4 is 15.4 Å². The predicted molar refractivity (Wildman–Crippen MR) is 141 cm³/mol. The van der Waals surface area contributed by atoms with Gasteiger partial charge in [-0.05, 0) is 54.8 Å². The van der Waals surface area contributed by atoms with Gasteiger partial charge in [-0.1, -0.05) is 54.1 Å². The summed E-state index contributed by atoms with van der Waals surface area (Å²) in [7, 11) is 1.78. The quantitative estimate of drug-likeness (QED) is 0.401. The summed E-state index contributed by atoms with van der Waals surface area (Å²) in [5, 5.41) is 7.07. The lowest BCUT2D eigenvalue weighted by Gasteiger charge is -2.29. The molecule has 4 rings (SSSR count). The molecule has 8 heteroatoms. The Morgan fingerprint density at radius 1 is 1.14 bits per heavy atom. The highest BCUT2D eigenvalue weighted by atomic mass is 35.5. The van der Waals surface area contributed by atoms with Gasteiger partial charge in [-0.2, -0.15) is 0 Å². The number of pyridine rings is 1. The number of likely N-dealkylation sites (tertiary alicyclic amines) is 1. The summed E-state index contributed by atoms with van der Waals surface area (Å²) in [4.78, 5) is 30.9. The van der Waals surface area contributed by atoms with E-state index in [4.69, 9.17) is 16.3 Å². The van der Waals surface area contributed by atoms with Crippen molar-refractivity contribution in [3.8, 4) is 5.75 Å². The molecule has 7 nitrogen and oxygen atoms in total. The maximum atomic E-state index is 13.2. The van der Waals surface area contributed by atoms with E-state index in [0.717, 1.165) is 23.6 Å². The van der Waals surface area contributed by atoms with Crippen LogP contribution in [-0.2, 0) is 16.0 Å². The molecule has 0 spiro atoms. The van der Waals surface area contributed by atoms with Crippen LogP contribution in [0.25, 0.3) is 0 Å². The summed E-state index contributed by atoms with van der Waals surface area (Å²) < 4.78 is 5.97. The van der Waals surface area contributed by atoms with Crippen molar-refractivity contribution in [3.63, 3.8) is 0 Å². The third kappa shape index (κ3) is 7.29. The van der Waals surface area contributed by atoms with Crippen molar-refractivity contribution in [2.24, 2.45) is 0 Å². The van der Waals surface area contributed by atoms with Crippen molar-refractivity contribution in [1.29, 1.82) is 0 Å². The van der Waals surface area contributed by atoms with Crippen LogP contribution in [0.4, 0.5) is 5.82 Å². The lowest BCUT2D eigenvalue weighted by molar-refractivity contribution is -0.134. The monoisotopic (exact) mass is 506 g/mol. The summed E-state index contributed by atoms with van der Waals surface area (Å²) in [5.74, 6) is 0.714. The van der Waals surface area contributed by atoms with E-state index in [1.165, 1.54) is 5.56 Å². The number of benzene rings is 2. The summed E-state index contributed by atoms with van der Waals surface area (Å²) >= 11 is 5.96. The van der Waals surface area contributed by atoms with E-state index in [9.17, 15) is 9.59 Å². The topological polar surface area (TPSA) is 83.6 Å². The van der Waals surface area contributed by atoms with E-state index >= 15 is 0 Å². The zero-order valence-corrected chi connectivity index (χ0v) is 21.1. The number of halogens is 1.